The van der Waals surface area contributed by atoms with Gasteiger partial charge in [-0.2, -0.15) is 5.10 Å². The summed E-state index contributed by atoms with van der Waals surface area (Å²) in [5.41, 5.74) is 3.75. The van der Waals surface area contributed by atoms with Crippen molar-refractivity contribution in [1.29, 1.82) is 0 Å². The van der Waals surface area contributed by atoms with Gasteiger partial charge < -0.3 is 14.4 Å². The summed E-state index contributed by atoms with van der Waals surface area (Å²) < 4.78 is 3.62. The third kappa shape index (κ3) is 4.29. The Morgan fingerprint density at radius 3 is 2.29 bits per heavy atom. The molecule has 9 heteroatoms. The first-order valence-corrected chi connectivity index (χ1v) is 12.0. The molecule has 1 fully saturated rings. The number of carbonyl (C=O) groups is 1. The summed E-state index contributed by atoms with van der Waals surface area (Å²) in [7, 11) is 1.95. The fourth-order valence-corrected chi connectivity index (χ4v) is 4.77. The van der Waals surface area contributed by atoms with E-state index in [9.17, 15) is 4.79 Å². The first-order valence-electron chi connectivity index (χ1n) is 10.9. The average molecular weight is 515 g/mol. The monoisotopic (exact) mass is 513 g/mol. The standard InChI is InChI=1S/C25H22Cl3N5O/c1-30-10-4-7-23(30)21-16-24(33(29-21)17-8-9-18(26)20(28)15-17)25(34)32-13-11-31(12-14-32)22-6-3-2-5-19(22)27/h2-10,15-16H,11-14H2,1H3. The van der Waals surface area contributed by atoms with E-state index < -0.39 is 0 Å². The van der Waals surface area contributed by atoms with Crippen LogP contribution in [-0.2, 0) is 7.05 Å². The van der Waals surface area contributed by atoms with Crippen molar-refractivity contribution in [3.05, 3.63) is 87.6 Å². The Morgan fingerprint density at radius 1 is 0.853 bits per heavy atom. The Kier molecular flexibility index (Phi) is 6.30. The zero-order valence-corrected chi connectivity index (χ0v) is 20.7. The molecule has 1 aliphatic heterocycles. The van der Waals surface area contributed by atoms with E-state index in [0.717, 1.165) is 11.4 Å². The van der Waals surface area contributed by atoms with Crippen LogP contribution in [0.2, 0.25) is 15.1 Å². The Balaban J connectivity index is 1.46. The summed E-state index contributed by atoms with van der Waals surface area (Å²) >= 11 is 18.8. The van der Waals surface area contributed by atoms with E-state index in [1.54, 1.807) is 16.8 Å². The van der Waals surface area contributed by atoms with Crippen LogP contribution in [-0.4, -0.2) is 51.3 Å². The molecule has 0 bridgehead atoms. The number of halogens is 3. The van der Waals surface area contributed by atoms with E-state index in [-0.39, 0.29) is 5.91 Å². The van der Waals surface area contributed by atoms with Crippen LogP contribution in [0, 0.1) is 0 Å². The second-order valence-electron chi connectivity index (χ2n) is 8.16. The molecule has 0 unspecified atom stereocenters. The lowest BCUT2D eigenvalue weighted by Crippen LogP contribution is -2.49. The molecule has 0 spiro atoms. The number of carbonyl (C=O) groups excluding carboxylic acids is 1. The molecule has 0 N–H and O–H groups in total. The number of hydrogen-bond donors (Lipinski definition) is 0. The number of hydrogen-bond acceptors (Lipinski definition) is 3. The van der Waals surface area contributed by atoms with Crippen molar-refractivity contribution in [3.8, 4) is 17.1 Å². The van der Waals surface area contributed by atoms with Crippen LogP contribution in [0.5, 0.6) is 0 Å². The van der Waals surface area contributed by atoms with Crippen molar-refractivity contribution in [2.75, 3.05) is 31.1 Å². The van der Waals surface area contributed by atoms with Crippen molar-refractivity contribution in [2.45, 2.75) is 0 Å². The molecule has 0 saturated carbocycles. The van der Waals surface area contributed by atoms with Crippen molar-refractivity contribution in [2.24, 2.45) is 7.05 Å². The van der Waals surface area contributed by atoms with Crippen LogP contribution < -0.4 is 4.90 Å². The zero-order valence-electron chi connectivity index (χ0n) is 18.5. The van der Waals surface area contributed by atoms with Crippen LogP contribution in [0.1, 0.15) is 10.5 Å². The van der Waals surface area contributed by atoms with Crippen LogP contribution in [0.25, 0.3) is 17.1 Å². The van der Waals surface area contributed by atoms with Crippen molar-refractivity contribution in [1.82, 2.24) is 19.2 Å². The molecule has 0 aliphatic carbocycles. The predicted octanol–water partition coefficient (Wildman–Crippen LogP) is 5.80. The van der Waals surface area contributed by atoms with E-state index in [1.807, 2.05) is 71.2 Å². The maximum atomic E-state index is 13.7. The molecule has 5 rings (SSSR count). The number of aromatic nitrogens is 3. The van der Waals surface area contributed by atoms with Gasteiger partial charge in [-0.1, -0.05) is 46.9 Å². The molecular formula is C25H22Cl3N5O. The SMILES string of the molecule is Cn1cccc1-c1cc(C(=O)N2CCN(c3ccccc3Cl)CC2)n(-c2ccc(Cl)c(Cl)c2)n1. The summed E-state index contributed by atoms with van der Waals surface area (Å²) in [5.74, 6) is -0.0853. The summed E-state index contributed by atoms with van der Waals surface area (Å²) in [6, 6.07) is 18.8. The highest BCUT2D eigenvalue weighted by atomic mass is 35.5. The maximum Gasteiger partial charge on any atom is 0.272 e. The quantitative estimate of drug-likeness (QED) is 0.346. The smallest absolute Gasteiger partial charge is 0.272 e. The summed E-state index contributed by atoms with van der Waals surface area (Å²) in [4.78, 5) is 17.7. The Bertz CT molecular complexity index is 1350. The lowest BCUT2D eigenvalue weighted by Gasteiger charge is -2.36. The van der Waals surface area contributed by atoms with E-state index in [2.05, 4.69) is 4.90 Å². The minimum Gasteiger partial charge on any atom is -0.367 e. The van der Waals surface area contributed by atoms with Crippen molar-refractivity contribution < 1.29 is 4.79 Å². The molecule has 174 valence electrons. The van der Waals surface area contributed by atoms with E-state index in [4.69, 9.17) is 39.9 Å². The number of piperazine rings is 1. The molecule has 6 nitrogen and oxygen atoms in total. The summed E-state index contributed by atoms with van der Waals surface area (Å²) in [6.45, 7) is 2.55. The van der Waals surface area contributed by atoms with E-state index in [1.165, 1.54) is 0 Å². The predicted molar refractivity (Wildman–Crippen MR) is 138 cm³/mol. The first-order chi connectivity index (χ1) is 16.4. The molecule has 0 radical (unpaired) electrons. The van der Waals surface area contributed by atoms with Gasteiger partial charge >= 0.3 is 0 Å². The van der Waals surface area contributed by atoms with Gasteiger partial charge in [0.05, 0.1) is 32.1 Å². The lowest BCUT2D eigenvalue weighted by molar-refractivity contribution is 0.0737. The molecule has 4 aromatic rings. The topological polar surface area (TPSA) is 46.3 Å². The lowest BCUT2D eigenvalue weighted by atomic mass is 10.2. The van der Waals surface area contributed by atoms with Gasteiger partial charge in [0.1, 0.15) is 11.4 Å². The number of benzene rings is 2. The fourth-order valence-electron chi connectivity index (χ4n) is 4.22. The van der Waals surface area contributed by atoms with Gasteiger partial charge in [0.25, 0.3) is 5.91 Å². The highest BCUT2D eigenvalue weighted by Crippen LogP contribution is 2.29. The number of anilines is 1. The molecular weight excluding hydrogens is 493 g/mol. The van der Waals surface area contributed by atoms with Crippen LogP contribution >= 0.6 is 34.8 Å². The highest BCUT2D eigenvalue weighted by molar-refractivity contribution is 6.42. The molecule has 1 amide bonds. The van der Waals surface area contributed by atoms with Gasteiger partial charge in [-0.3, -0.25) is 4.79 Å². The first kappa shape index (κ1) is 22.8. The minimum absolute atomic E-state index is 0.0853. The van der Waals surface area contributed by atoms with Crippen LogP contribution in [0.4, 0.5) is 5.69 Å². The van der Waals surface area contributed by atoms with Crippen molar-refractivity contribution in [3.63, 3.8) is 0 Å². The van der Waals surface area contributed by atoms with Crippen LogP contribution in [0.15, 0.2) is 66.9 Å². The molecule has 0 atom stereocenters. The Labute approximate surface area is 212 Å². The molecule has 2 aromatic heterocycles. The second-order valence-corrected chi connectivity index (χ2v) is 9.38. The maximum absolute atomic E-state index is 13.7. The number of amides is 1. The van der Waals surface area contributed by atoms with Crippen molar-refractivity contribution >= 4 is 46.4 Å². The van der Waals surface area contributed by atoms with E-state index in [0.29, 0.717) is 58.3 Å². The molecule has 34 heavy (non-hydrogen) atoms. The van der Waals surface area contributed by atoms with Gasteiger partial charge in [-0.25, -0.2) is 4.68 Å². The van der Waals surface area contributed by atoms with Gasteiger partial charge in [-0.05, 0) is 48.5 Å². The second kappa shape index (κ2) is 9.37. The molecule has 1 saturated heterocycles. The zero-order chi connectivity index (χ0) is 23.8. The highest BCUT2D eigenvalue weighted by Gasteiger charge is 2.27. The number of aryl methyl sites for hydroxylation is 1. The van der Waals surface area contributed by atoms with Gasteiger partial charge in [0.2, 0.25) is 0 Å². The Hall–Kier alpha value is -2.93. The number of rotatable bonds is 4. The summed E-state index contributed by atoms with van der Waals surface area (Å²) in [5, 5.41) is 6.33. The average Bonchev–Trinajstić information content (AvgIpc) is 3.47. The molecule has 2 aromatic carbocycles. The third-order valence-corrected chi connectivity index (χ3v) is 7.10. The number of para-hydroxylation sites is 1. The number of nitrogens with zero attached hydrogens (tertiary/aromatic N) is 5. The molecule has 3 heterocycles. The fraction of sp³-hybridized carbons (Fsp3) is 0.200. The summed E-state index contributed by atoms with van der Waals surface area (Å²) in [6.07, 6.45) is 1.95. The van der Waals surface area contributed by atoms with Gasteiger partial charge in [0, 0.05) is 39.4 Å². The third-order valence-electron chi connectivity index (χ3n) is 6.04. The normalized spacial score (nSPS) is 14.0. The van der Waals surface area contributed by atoms with Crippen LogP contribution in [0.3, 0.4) is 0 Å². The molecule has 1 aliphatic rings. The van der Waals surface area contributed by atoms with Gasteiger partial charge in [0.15, 0.2) is 0 Å². The Morgan fingerprint density at radius 2 is 1.62 bits per heavy atom. The van der Waals surface area contributed by atoms with E-state index >= 15 is 0 Å². The minimum atomic E-state index is -0.0853. The largest absolute Gasteiger partial charge is 0.367 e. The van der Waals surface area contributed by atoms with Gasteiger partial charge in [-0.15, -0.1) is 0 Å².